The lowest BCUT2D eigenvalue weighted by Crippen LogP contribution is -2.47. The van der Waals surface area contributed by atoms with E-state index in [1.54, 1.807) is 0 Å². The molecule has 0 atom stereocenters. The molecular formula is C36H49N3O. The largest absolute Gasteiger partial charge is 0.330 e. The van der Waals surface area contributed by atoms with E-state index in [9.17, 15) is 4.79 Å². The maximum Gasteiger partial charge on any atom is 0.272 e. The Kier molecular flexibility index (Phi) is 10.9. The molecule has 3 aromatic rings. The van der Waals surface area contributed by atoms with E-state index in [2.05, 4.69) is 97.9 Å². The van der Waals surface area contributed by atoms with E-state index in [0.29, 0.717) is 12.2 Å². The van der Waals surface area contributed by atoms with Crippen LogP contribution in [0, 0.1) is 19.8 Å². The number of likely N-dealkylation sites (tertiary alicyclic amines) is 1. The average Bonchev–Trinajstić information content (AvgIpc) is 2.95. The summed E-state index contributed by atoms with van der Waals surface area (Å²) in [6.07, 6.45) is 9.81. The van der Waals surface area contributed by atoms with Gasteiger partial charge in [-0.05, 0) is 86.7 Å². The predicted molar refractivity (Wildman–Crippen MR) is 168 cm³/mol. The standard InChI is InChI=1S/C36H49N3O/c1-6-7-8-9-30-12-15-35(37-25-30)36(40)39(34-17-20-38(21-18-34)19-16-27(2)3)26-31-10-13-32(14-11-31)33-23-28(4)22-29(5)24-33/h10-15,22-25,27,34H,6-9,16-21,26H2,1-5H3. The number of hydrogen-bond acceptors (Lipinski definition) is 3. The van der Waals surface area contributed by atoms with Crippen molar-refractivity contribution < 1.29 is 4.79 Å². The van der Waals surface area contributed by atoms with Gasteiger partial charge in [0, 0.05) is 31.9 Å². The van der Waals surface area contributed by atoms with Crippen LogP contribution >= 0.6 is 0 Å². The van der Waals surface area contributed by atoms with E-state index in [-0.39, 0.29) is 11.9 Å². The van der Waals surface area contributed by atoms with Crippen molar-refractivity contribution in [2.75, 3.05) is 19.6 Å². The van der Waals surface area contributed by atoms with Crippen LogP contribution in [-0.4, -0.2) is 46.4 Å². The Hall–Kier alpha value is -2.98. The number of aromatic nitrogens is 1. The molecule has 2 heterocycles. The first kappa shape index (κ1) is 30.0. The number of carbonyl (C=O) groups excluding carboxylic acids is 1. The molecule has 40 heavy (non-hydrogen) atoms. The normalized spacial score (nSPS) is 14.6. The number of aryl methyl sites for hydroxylation is 3. The Labute approximate surface area is 242 Å². The maximum atomic E-state index is 13.9. The van der Waals surface area contributed by atoms with Crippen molar-refractivity contribution in [3.63, 3.8) is 0 Å². The van der Waals surface area contributed by atoms with Gasteiger partial charge in [-0.2, -0.15) is 0 Å². The zero-order valence-electron chi connectivity index (χ0n) is 25.5. The first-order chi connectivity index (χ1) is 19.3. The summed E-state index contributed by atoms with van der Waals surface area (Å²) < 4.78 is 0. The lowest BCUT2D eigenvalue weighted by molar-refractivity contribution is 0.0540. The van der Waals surface area contributed by atoms with E-state index in [1.807, 2.05) is 12.3 Å². The van der Waals surface area contributed by atoms with E-state index in [0.717, 1.165) is 44.8 Å². The number of benzene rings is 2. The molecule has 1 aliphatic rings. The topological polar surface area (TPSA) is 36.4 Å². The van der Waals surface area contributed by atoms with Gasteiger partial charge in [-0.1, -0.05) is 93.3 Å². The van der Waals surface area contributed by atoms with Gasteiger partial charge in [0.1, 0.15) is 5.69 Å². The second-order valence-corrected chi connectivity index (χ2v) is 12.3. The van der Waals surface area contributed by atoms with Gasteiger partial charge >= 0.3 is 0 Å². The summed E-state index contributed by atoms with van der Waals surface area (Å²) in [4.78, 5) is 23.2. The minimum Gasteiger partial charge on any atom is -0.330 e. The summed E-state index contributed by atoms with van der Waals surface area (Å²) in [6.45, 7) is 15.0. The monoisotopic (exact) mass is 539 g/mol. The third-order valence-electron chi connectivity index (χ3n) is 8.26. The lowest BCUT2D eigenvalue weighted by atomic mass is 9.98. The van der Waals surface area contributed by atoms with Crippen molar-refractivity contribution >= 4 is 5.91 Å². The van der Waals surface area contributed by atoms with Crippen LogP contribution in [0.2, 0.25) is 0 Å². The maximum absolute atomic E-state index is 13.9. The summed E-state index contributed by atoms with van der Waals surface area (Å²) in [6, 6.07) is 19.7. The molecule has 1 aromatic heterocycles. The smallest absolute Gasteiger partial charge is 0.272 e. The highest BCUT2D eigenvalue weighted by Crippen LogP contribution is 2.26. The zero-order chi connectivity index (χ0) is 28.5. The van der Waals surface area contributed by atoms with Crippen molar-refractivity contribution in [2.24, 2.45) is 5.92 Å². The quantitative estimate of drug-likeness (QED) is 0.217. The highest BCUT2D eigenvalue weighted by molar-refractivity contribution is 5.92. The molecular weight excluding hydrogens is 490 g/mol. The molecule has 0 spiro atoms. The number of hydrogen-bond donors (Lipinski definition) is 0. The second kappa shape index (κ2) is 14.6. The van der Waals surface area contributed by atoms with Gasteiger partial charge in [0.05, 0.1) is 0 Å². The molecule has 4 nitrogen and oxygen atoms in total. The summed E-state index contributed by atoms with van der Waals surface area (Å²) in [5.41, 5.74) is 7.96. The van der Waals surface area contributed by atoms with Crippen LogP contribution in [-0.2, 0) is 13.0 Å². The first-order valence-corrected chi connectivity index (χ1v) is 15.5. The van der Waals surface area contributed by atoms with Gasteiger partial charge in [-0.3, -0.25) is 9.78 Å². The van der Waals surface area contributed by atoms with Crippen LogP contribution < -0.4 is 0 Å². The number of pyridine rings is 1. The molecule has 1 aliphatic heterocycles. The number of nitrogens with zero attached hydrogens (tertiary/aromatic N) is 3. The molecule has 0 bridgehead atoms. The van der Waals surface area contributed by atoms with Gasteiger partial charge in [-0.15, -0.1) is 0 Å². The second-order valence-electron chi connectivity index (χ2n) is 12.3. The molecule has 214 valence electrons. The van der Waals surface area contributed by atoms with Crippen LogP contribution in [0.3, 0.4) is 0 Å². The number of carbonyl (C=O) groups is 1. The predicted octanol–water partition coefficient (Wildman–Crippen LogP) is 8.25. The molecule has 0 unspecified atom stereocenters. The van der Waals surface area contributed by atoms with Crippen LogP contribution in [0.25, 0.3) is 11.1 Å². The average molecular weight is 540 g/mol. The van der Waals surface area contributed by atoms with Crippen molar-refractivity contribution in [1.82, 2.24) is 14.8 Å². The Balaban J connectivity index is 1.50. The fourth-order valence-corrected chi connectivity index (χ4v) is 5.83. The summed E-state index contributed by atoms with van der Waals surface area (Å²) >= 11 is 0. The Morgan fingerprint density at radius 1 is 0.925 bits per heavy atom. The Morgan fingerprint density at radius 2 is 1.60 bits per heavy atom. The van der Waals surface area contributed by atoms with E-state index < -0.39 is 0 Å². The van der Waals surface area contributed by atoms with Crippen molar-refractivity contribution in [2.45, 2.75) is 92.2 Å². The summed E-state index contributed by atoms with van der Waals surface area (Å²) in [5, 5.41) is 0. The third-order valence-corrected chi connectivity index (χ3v) is 8.26. The minimum atomic E-state index is 0.0547. The van der Waals surface area contributed by atoms with Crippen molar-refractivity contribution in [3.8, 4) is 11.1 Å². The number of piperidine rings is 1. The molecule has 1 fully saturated rings. The van der Waals surface area contributed by atoms with Crippen molar-refractivity contribution in [3.05, 3.63) is 88.7 Å². The Bertz CT molecular complexity index is 1190. The van der Waals surface area contributed by atoms with E-state index in [4.69, 9.17) is 0 Å². The van der Waals surface area contributed by atoms with Crippen LogP contribution in [0.4, 0.5) is 0 Å². The number of unbranched alkanes of at least 4 members (excludes halogenated alkanes) is 2. The van der Waals surface area contributed by atoms with Gasteiger partial charge in [-0.25, -0.2) is 0 Å². The van der Waals surface area contributed by atoms with E-state index in [1.165, 1.54) is 59.1 Å². The van der Waals surface area contributed by atoms with Crippen LogP contribution in [0.1, 0.15) is 92.0 Å². The molecule has 4 heteroatoms. The molecule has 1 saturated heterocycles. The summed E-state index contributed by atoms with van der Waals surface area (Å²) in [5.74, 6) is 0.776. The number of amides is 1. The third kappa shape index (κ3) is 8.51. The summed E-state index contributed by atoms with van der Waals surface area (Å²) in [7, 11) is 0. The SMILES string of the molecule is CCCCCc1ccc(C(=O)N(Cc2ccc(-c3cc(C)cc(C)c3)cc2)C2CCN(CCC(C)C)CC2)nc1. The lowest BCUT2D eigenvalue weighted by Gasteiger charge is -2.38. The van der Waals surface area contributed by atoms with Crippen LogP contribution in [0.15, 0.2) is 60.8 Å². The molecule has 0 aliphatic carbocycles. The zero-order valence-corrected chi connectivity index (χ0v) is 25.5. The molecule has 0 N–H and O–H groups in total. The Morgan fingerprint density at radius 3 is 2.20 bits per heavy atom. The molecule has 4 rings (SSSR count). The van der Waals surface area contributed by atoms with Gasteiger partial charge in [0.15, 0.2) is 0 Å². The fourth-order valence-electron chi connectivity index (χ4n) is 5.83. The molecule has 1 amide bonds. The van der Waals surface area contributed by atoms with Crippen molar-refractivity contribution in [1.29, 1.82) is 0 Å². The van der Waals surface area contributed by atoms with Crippen LogP contribution in [0.5, 0.6) is 0 Å². The molecule has 0 radical (unpaired) electrons. The number of rotatable bonds is 12. The van der Waals surface area contributed by atoms with Gasteiger partial charge in [0.25, 0.3) is 5.91 Å². The minimum absolute atomic E-state index is 0.0547. The first-order valence-electron chi connectivity index (χ1n) is 15.5. The highest BCUT2D eigenvalue weighted by Gasteiger charge is 2.29. The molecule has 2 aromatic carbocycles. The fraction of sp³-hybridized carbons (Fsp3) is 0.500. The van der Waals surface area contributed by atoms with E-state index >= 15 is 0 Å². The highest BCUT2D eigenvalue weighted by atomic mass is 16.2. The molecule has 0 saturated carbocycles. The van der Waals surface area contributed by atoms with Gasteiger partial charge < -0.3 is 9.80 Å². The van der Waals surface area contributed by atoms with Gasteiger partial charge in [0.2, 0.25) is 0 Å².